The fourth-order valence-electron chi connectivity index (χ4n) is 1.56. The molecule has 0 heterocycles. The largest absolute Gasteiger partial charge is 0.491 e. The van der Waals surface area contributed by atoms with E-state index >= 15 is 0 Å². The monoisotopic (exact) mass is 305 g/mol. The summed E-state index contributed by atoms with van der Waals surface area (Å²) < 4.78 is 10.6. The first-order valence-corrected chi connectivity index (χ1v) is 6.85. The maximum absolute atomic E-state index is 11.4. The highest BCUT2D eigenvalue weighted by atomic mass is 35.5. The van der Waals surface area contributed by atoms with Crippen LogP contribution >= 0.6 is 23.2 Å². The van der Waals surface area contributed by atoms with Crippen LogP contribution in [0.2, 0.25) is 5.02 Å². The van der Waals surface area contributed by atoms with Crippen molar-refractivity contribution < 1.29 is 14.3 Å². The predicted octanol–water partition coefficient (Wildman–Crippen LogP) is 2.99. The van der Waals surface area contributed by atoms with Crippen LogP contribution in [0.1, 0.15) is 18.9 Å². The maximum Gasteiger partial charge on any atom is 0.221 e. The quantitative estimate of drug-likeness (QED) is 0.788. The number of carbonyl (C=O) groups excluding carboxylic acids is 1. The molecule has 4 nitrogen and oxygen atoms in total. The van der Waals surface area contributed by atoms with Crippen LogP contribution in [0.3, 0.4) is 0 Å². The normalized spacial score (nSPS) is 10.1. The van der Waals surface area contributed by atoms with E-state index in [1.807, 2.05) is 6.92 Å². The molecule has 1 N–H and O–H groups in total. The Kier molecular flexibility index (Phi) is 6.81. The first-order valence-electron chi connectivity index (χ1n) is 5.94. The molecule has 6 heteroatoms. The lowest BCUT2D eigenvalue weighted by Gasteiger charge is -2.13. The third kappa shape index (κ3) is 4.80. The van der Waals surface area contributed by atoms with Crippen LogP contribution in [0.4, 0.5) is 0 Å². The zero-order valence-corrected chi connectivity index (χ0v) is 12.5. The van der Waals surface area contributed by atoms with Gasteiger partial charge < -0.3 is 14.8 Å². The summed E-state index contributed by atoms with van der Waals surface area (Å²) in [6.07, 6.45) is 0.295. The molecule has 0 aromatic heterocycles. The molecule has 0 aliphatic heterocycles. The molecule has 1 aromatic rings. The van der Waals surface area contributed by atoms with Crippen molar-refractivity contribution in [1.82, 2.24) is 5.32 Å². The molecule has 0 saturated carbocycles. The molecule has 1 amide bonds. The molecule has 0 atom stereocenters. The number of carbonyl (C=O) groups is 1. The third-order valence-corrected chi connectivity index (χ3v) is 2.85. The number of benzene rings is 1. The summed E-state index contributed by atoms with van der Waals surface area (Å²) in [5.41, 5.74) is 0.845. The SMILES string of the molecule is CCOc1cc(CNC(=O)CCCl)cc(Cl)c1OC. The second-order valence-electron chi connectivity index (χ2n) is 3.76. The first kappa shape index (κ1) is 15.9. The van der Waals surface area contributed by atoms with Crippen LogP contribution in [-0.4, -0.2) is 25.5 Å². The Morgan fingerprint density at radius 1 is 1.42 bits per heavy atom. The number of rotatable bonds is 7. The van der Waals surface area contributed by atoms with Crippen LogP contribution in [0.5, 0.6) is 11.5 Å². The topological polar surface area (TPSA) is 47.6 Å². The van der Waals surface area contributed by atoms with Crippen molar-refractivity contribution in [1.29, 1.82) is 0 Å². The van der Waals surface area contributed by atoms with E-state index in [1.54, 1.807) is 12.1 Å². The van der Waals surface area contributed by atoms with E-state index in [1.165, 1.54) is 7.11 Å². The van der Waals surface area contributed by atoms with Gasteiger partial charge in [0.25, 0.3) is 0 Å². The fourth-order valence-corrected chi connectivity index (χ4v) is 2.04. The van der Waals surface area contributed by atoms with Gasteiger partial charge >= 0.3 is 0 Å². The number of alkyl halides is 1. The van der Waals surface area contributed by atoms with E-state index in [2.05, 4.69) is 5.32 Å². The van der Waals surface area contributed by atoms with Gasteiger partial charge in [0.15, 0.2) is 11.5 Å². The molecular weight excluding hydrogens is 289 g/mol. The van der Waals surface area contributed by atoms with Gasteiger partial charge in [-0.25, -0.2) is 0 Å². The van der Waals surface area contributed by atoms with Gasteiger partial charge in [0.1, 0.15) is 0 Å². The predicted molar refractivity (Wildman–Crippen MR) is 76.4 cm³/mol. The minimum atomic E-state index is -0.0973. The molecule has 0 saturated heterocycles. The van der Waals surface area contributed by atoms with Gasteiger partial charge in [0.05, 0.1) is 18.7 Å². The van der Waals surface area contributed by atoms with Crippen molar-refractivity contribution in [3.05, 3.63) is 22.7 Å². The van der Waals surface area contributed by atoms with Crippen LogP contribution < -0.4 is 14.8 Å². The van der Waals surface area contributed by atoms with Crippen molar-refractivity contribution >= 4 is 29.1 Å². The Balaban J connectivity index is 2.82. The molecule has 0 aliphatic rings. The van der Waals surface area contributed by atoms with Gasteiger partial charge in [0, 0.05) is 18.8 Å². The van der Waals surface area contributed by atoms with Gasteiger partial charge in [-0.15, -0.1) is 11.6 Å². The molecule has 0 fully saturated rings. The Morgan fingerprint density at radius 3 is 2.74 bits per heavy atom. The van der Waals surface area contributed by atoms with Gasteiger partial charge in [0.2, 0.25) is 5.91 Å². The molecule has 1 aromatic carbocycles. The van der Waals surface area contributed by atoms with E-state index in [0.717, 1.165) is 5.56 Å². The molecule has 0 spiro atoms. The fraction of sp³-hybridized carbons (Fsp3) is 0.462. The van der Waals surface area contributed by atoms with Gasteiger partial charge in [-0.2, -0.15) is 0 Å². The summed E-state index contributed by atoms with van der Waals surface area (Å²) in [7, 11) is 1.53. The van der Waals surface area contributed by atoms with Gasteiger partial charge in [-0.05, 0) is 24.6 Å². The molecular formula is C13H17Cl2NO3. The van der Waals surface area contributed by atoms with Crippen LogP contribution in [0.15, 0.2) is 12.1 Å². The Hall–Kier alpha value is -1.13. The first-order chi connectivity index (χ1) is 9.12. The maximum atomic E-state index is 11.4. The Labute approximate surface area is 123 Å². The third-order valence-electron chi connectivity index (χ3n) is 2.38. The van der Waals surface area contributed by atoms with Crippen molar-refractivity contribution in [2.75, 3.05) is 19.6 Å². The van der Waals surface area contributed by atoms with Gasteiger partial charge in [-0.1, -0.05) is 11.6 Å². The molecule has 0 unspecified atom stereocenters. The molecule has 106 valence electrons. The highest BCUT2D eigenvalue weighted by Gasteiger charge is 2.11. The average Bonchev–Trinajstić information content (AvgIpc) is 2.37. The summed E-state index contributed by atoms with van der Waals surface area (Å²) in [4.78, 5) is 11.4. The smallest absolute Gasteiger partial charge is 0.221 e. The highest BCUT2D eigenvalue weighted by Crippen LogP contribution is 2.36. The van der Waals surface area contributed by atoms with E-state index < -0.39 is 0 Å². The second kappa shape index (κ2) is 8.12. The molecule has 0 bridgehead atoms. The Bertz CT molecular complexity index is 438. The van der Waals surface area contributed by atoms with Crippen molar-refractivity contribution in [2.24, 2.45) is 0 Å². The van der Waals surface area contributed by atoms with Gasteiger partial charge in [-0.3, -0.25) is 4.79 Å². The molecule has 19 heavy (non-hydrogen) atoms. The molecule has 0 aliphatic carbocycles. The number of nitrogens with one attached hydrogen (secondary N) is 1. The van der Waals surface area contributed by atoms with Crippen molar-refractivity contribution in [3.8, 4) is 11.5 Å². The molecule has 1 rings (SSSR count). The van der Waals surface area contributed by atoms with Crippen LogP contribution in [-0.2, 0) is 11.3 Å². The number of ether oxygens (including phenoxy) is 2. The summed E-state index contributed by atoms with van der Waals surface area (Å²) in [6, 6.07) is 3.54. The standard InChI is InChI=1S/C13H17Cl2NO3/c1-3-19-11-7-9(6-10(15)13(11)18-2)8-16-12(17)4-5-14/h6-7H,3-5,8H2,1-2H3,(H,16,17). The van der Waals surface area contributed by atoms with E-state index in [0.29, 0.717) is 42.0 Å². The Morgan fingerprint density at radius 2 is 2.16 bits per heavy atom. The van der Waals surface area contributed by atoms with Crippen LogP contribution in [0, 0.1) is 0 Å². The number of hydrogen-bond donors (Lipinski definition) is 1. The number of methoxy groups -OCH3 is 1. The summed E-state index contributed by atoms with van der Waals surface area (Å²) in [5.74, 6) is 1.28. The lowest BCUT2D eigenvalue weighted by atomic mass is 10.2. The van der Waals surface area contributed by atoms with E-state index in [4.69, 9.17) is 32.7 Å². The van der Waals surface area contributed by atoms with Crippen molar-refractivity contribution in [3.63, 3.8) is 0 Å². The zero-order valence-electron chi connectivity index (χ0n) is 11.0. The lowest BCUT2D eigenvalue weighted by Crippen LogP contribution is -2.22. The minimum absolute atomic E-state index is 0.0973. The number of hydrogen-bond acceptors (Lipinski definition) is 3. The van der Waals surface area contributed by atoms with Crippen molar-refractivity contribution in [2.45, 2.75) is 19.9 Å². The minimum Gasteiger partial charge on any atom is -0.491 e. The molecule has 0 radical (unpaired) electrons. The highest BCUT2D eigenvalue weighted by molar-refractivity contribution is 6.32. The number of halogens is 2. The summed E-state index contributed by atoms with van der Waals surface area (Å²) in [5, 5.41) is 3.21. The summed E-state index contributed by atoms with van der Waals surface area (Å²) >= 11 is 11.6. The van der Waals surface area contributed by atoms with Crippen LogP contribution in [0.25, 0.3) is 0 Å². The summed E-state index contributed by atoms with van der Waals surface area (Å²) in [6.45, 7) is 2.76. The zero-order chi connectivity index (χ0) is 14.3. The van der Waals surface area contributed by atoms with E-state index in [9.17, 15) is 4.79 Å². The second-order valence-corrected chi connectivity index (χ2v) is 4.54. The average molecular weight is 306 g/mol. The number of amides is 1. The van der Waals surface area contributed by atoms with E-state index in [-0.39, 0.29) is 5.91 Å². The lowest BCUT2D eigenvalue weighted by molar-refractivity contribution is -0.120.